The monoisotopic (exact) mass is 281 g/mol. The van der Waals surface area contributed by atoms with Gasteiger partial charge in [0.1, 0.15) is 11.6 Å². The van der Waals surface area contributed by atoms with Gasteiger partial charge in [0.15, 0.2) is 0 Å². The lowest BCUT2D eigenvalue weighted by molar-refractivity contribution is 0.0518. The van der Waals surface area contributed by atoms with E-state index in [4.69, 9.17) is 4.74 Å². The number of amides is 1. The summed E-state index contributed by atoms with van der Waals surface area (Å²) in [4.78, 5) is 13.9. The van der Waals surface area contributed by atoms with Crippen LogP contribution in [0.4, 0.5) is 4.39 Å². The van der Waals surface area contributed by atoms with Crippen LogP contribution in [0.2, 0.25) is 0 Å². The van der Waals surface area contributed by atoms with E-state index in [9.17, 15) is 14.3 Å². The molecule has 0 spiro atoms. The Hall–Kier alpha value is -1.62. The van der Waals surface area contributed by atoms with Gasteiger partial charge >= 0.3 is 0 Å². The molecule has 1 unspecified atom stereocenters. The van der Waals surface area contributed by atoms with Crippen molar-refractivity contribution in [1.82, 2.24) is 4.90 Å². The topological polar surface area (TPSA) is 49.8 Å². The van der Waals surface area contributed by atoms with Crippen molar-refractivity contribution in [3.05, 3.63) is 29.6 Å². The number of carbonyl (C=O) groups is 1. The van der Waals surface area contributed by atoms with Gasteiger partial charge < -0.3 is 14.7 Å². The summed E-state index contributed by atoms with van der Waals surface area (Å²) in [6.07, 6.45) is 1.15. The van der Waals surface area contributed by atoms with Crippen LogP contribution in [0.15, 0.2) is 18.2 Å². The number of piperidine rings is 1. The van der Waals surface area contributed by atoms with Crippen molar-refractivity contribution in [3.63, 3.8) is 0 Å². The number of hydrogen-bond donors (Lipinski definition) is 1. The minimum absolute atomic E-state index is 0.0706. The van der Waals surface area contributed by atoms with E-state index in [0.717, 1.165) is 12.8 Å². The molecule has 20 heavy (non-hydrogen) atoms. The number of aliphatic hydroxyl groups excluding tert-OH is 1. The first-order valence-corrected chi connectivity index (χ1v) is 6.83. The predicted molar refractivity (Wildman–Crippen MR) is 73.3 cm³/mol. The standard InChI is InChI=1S/C15H20FNO3/c1-10(18)11-5-7-17(8-6-11)15(19)13-4-3-12(20-2)9-14(13)16/h3-4,9-11,18H,5-8H2,1-2H3. The van der Waals surface area contributed by atoms with Gasteiger partial charge in [-0.05, 0) is 37.8 Å². The lowest BCUT2D eigenvalue weighted by Gasteiger charge is -2.33. The van der Waals surface area contributed by atoms with Crippen LogP contribution in [0, 0.1) is 11.7 Å². The summed E-state index contributed by atoms with van der Waals surface area (Å²) < 4.78 is 18.8. The highest BCUT2D eigenvalue weighted by atomic mass is 19.1. The first-order valence-electron chi connectivity index (χ1n) is 6.83. The molecule has 1 aliphatic rings. The highest BCUT2D eigenvalue weighted by Gasteiger charge is 2.27. The van der Waals surface area contributed by atoms with Crippen LogP contribution >= 0.6 is 0 Å². The van der Waals surface area contributed by atoms with Gasteiger partial charge in [-0.15, -0.1) is 0 Å². The molecule has 1 aliphatic heterocycles. The Bertz CT molecular complexity index is 482. The molecule has 0 saturated carbocycles. The average molecular weight is 281 g/mol. The number of aliphatic hydroxyl groups is 1. The number of ether oxygens (including phenoxy) is 1. The number of halogens is 1. The minimum Gasteiger partial charge on any atom is -0.497 e. The number of benzene rings is 1. The van der Waals surface area contributed by atoms with E-state index in [-0.39, 0.29) is 23.5 Å². The second-order valence-corrected chi connectivity index (χ2v) is 5.22. The van der Waals surface area contributed by atoms with Crippen molar-refractivity contribution in [2.24, 2.45) is 5.92 Å². The number of hydrogen-bond acceptors (Lipinski definition) is 3. The Morgan fingerprint density at radius 3 is 2.60 bits per heavy atom. The summed E-state index contributed by atoms with van der Waals surface area (Å²) in [5.74, 6) is -0.243. The number of likely N-dealkylation sites (tertiary alicyclic amines) is 1. The third kappa shape index (κ3) is 3.10. The molecule has 1 heterocycles. The molecule has 4 nitrogen and oxygen atoms in total. The summed E-state index contributed by atoms with van der Waals surface area (Å²) in [6, 6.07) is 4.26. The maximum absolute atomic E-state index is 13.9. The maximum Gasteiger partial charge on any atom is 0.256 e. The van der Waals surface area contributed by atoms with Crippen LogP contribution in [-0.4, -0.2) is 42.2 Å². The van der Waals surface area contributed by atoms with Crippen LogP contribution in [0.25, 0.3) is 0 Å². The van der Waals surface area contributed by atoms with Gasteiger partial charge in [-0.1, -0.05) is 0 Å². The smallest absolute Gasteiger partial charge is 0.256 e. The zero-order valence-electron chi connectivity index (χ0n) is 11.8. The molecule has 1 saturated heterocycles. The summed E-state index contributed by atoms with van der Waals surface area (Å²) in [5.41, 5.74) is 0.0706. The van der Waals surface area contributed by atoms with E-state index in [2.05, 4.69) is 0 Å². The van der Waals surface area contributed by atoms with Crippen molar-refractivity contribution < 1.29 is 19.0 Å². The van der Waals surface area contributed by atoms with E-state index in [1.807, 2.05) is 0 Å². The quantitative estimate of drug-likeness (QED) is 0.922. The fourth-order valence-corrected chi connectivity index (χ4v) is 2.55. The largest absolute Gasteiger partial charge is 0.497 e. The molecule has 0 aromatic heterocycles. The number of rotatable bonds is 3. The highest BCUT2D eigenvalue weighted by molar-refractivity contribution is 5.94. The van der Waals surface area contributed by atoms with Crippen LogP contribution in [0.1, 0.15) is 30.1 Å². The van der Waals surface area contributed by atoms with E-state index in [0.29, 0.717) is 18.8 Å². The lowest BCUT2D eigenvalue weighted by Crippen LogP contribution is -2.41. The average Bonchev–Trinajstić information content (AvgIpc) is 2.46. The third-order valence-electron chi connectivity index (χ3n) is 3.92. The van der Waals surface area contributed by atoms with Crippen molar-refractivity contribution in [1.29, 1.82) is 0 Å². The van der Waals surface area contributed by atoms with Crippen molar-refractivity contribution in [2.45, 2.75) is 25.9 Å². The minimum atomic E-state index is -0.563. The Morgan fingerprint density at radius 1 is 1.45 bits per heavy atom. The van der Waals surface area contributed by atoms with Gasteiger partial charge in [0.05, 0.1) is 18.8 Å². The van der Waals surface area contributed by atoms with Gasteiger partial charge in [0.2, 0.25) is 0 Å². The fraction of sp³-hybridized carbons (Fsp3) is 0.533. The third-order valence-corrected chi connectivity index (χ3v) is 3.92. The fourth-order valence-electron chi connectivity index (χ4n) is 2.55. The highest BCUT2D eigenvalue weighted by Crippen LogP contribution is 2.23. The molecule has 110 valence electrons. The van der Waals surface area contributed by atoms with Gasteiger partial charge in [-0.25, -0.2) is 4.39 Å². The van der Waals surface area contributed by atoms with Crippen LogP contribution in [0.5, 0.6) is 5.75 Å². The molecule has 1 amide bonds. The maximum atomic E-state index is 13.9. The SMILES string of the molecule is COc1ccc(C(=O)N2CCC(C(C)O)CC2)c(F)c1. The second-order valence-electron chi connectivity index (χ2n) is 5.22. The van der Waals surface area contributed by atoms with Crippen molar-refractivity contribution >= 4 is 5.91 Å². The van der Waals surface area contributed by atoms with Gasteiger partial charge in [-0.2, -0.15) is 0 Å². The summed E-state index contributed by atoms with van der Waals surface area (Å²) in [5, 5.41) is 9.54. The number of nitrogens with zero attached hydrogens (tertiary/aromatic N) is 1. The molecule has 2 rings (SSSR count). The van der Waals surface area contributed by atoms with Crippen LogP contribution in [0.3, 0.4) is 0 Å². The first kappa shape index (κ1) is 14.8. The Morgan fingerprint density at radius 2 is 2.10 bits per heavy atom. The molecule has 0 aliphatic carbocycles. The zero-order valence-corrected chi connectivity index (χ0v) is 11.8. The molecular formula is C15H20FNO3. The zero-order chi connectivity index (χ0) is 14.7. The summed E-state index contributed by atoms with van der Waals surface area (Å²) in [6.45, 7) is 2.88. The van der Waals surface area contributed by atoms with Crippen molar-refractivity contribution in [3.8, 4) is 5.75 Å². The number of methoxy groups -OCH3 is 1. The molecule has 5 heteroatoms. The normalized spacial score (nSPS) is 17.9. The lowest BCUT2D eigenvalue weighted by atomic mass is 9.92. The van der Waals surface area contributed by atoms with E-state index in [1.54, 1.807) is 17.9 Å². The molecule has 0 bridgehead atoms. The molecule has 0 radical (unpaired) electrons. The molecule has 1 aromatic rings. The van der Waals surface area contributed by atoms with Gasteiger partial charge in [0, 0.05) is 19.2 Å². The molecule has 1 aromatic carbocycles. The Labute approximate surface area is 118 Å². The van der Waals surface area contributed by atoms with Gasteiger partial charge in [-0.3, -0.25) is 4.79 Å². The molecule has 1 N–H and O–H groups in total. The van der Waals surface area contributed by atoms with Crippen molar-refractivity contribution in [2.75, 3.05) is 20.2 Å². The van der Waals surface area contributed by atoms with E-state index in [1.165, 1.54) is 19.2 Å². The molecular weight excluding hydrogens is 261 g/mol. The molecule has 1 fully saturated rings. The Kier molecular flexibility index (Phi) is 4.60. The summed E-state index contributed by atoms with van der Waals surface area (Å²) in [7, 11) is 1.46. The Balaban J connectivity index is 2.05. The summed E-state index contributed by atoms with van der Waals surface area (Å²) >= 11 is 0. The number of carbonyl (C=O) groups excluding carboxylic acids is 1. The second kappa shape index (κ2) is 6.22. The van der Waals surface area contributed by atoms with Crippen LogP contribution in [-0.2, 0) is 0 Å². The van der Waals surface area contributed by atoms with Gasteiger partial charge in [0.25, 0.3) is 5.91 Å². The van der Waals surface area contributed by atoms with E-state index < -0.39 is 5.82 Å². The van der Waals surface area contributed by atoms with Crippen LogP contribution < -0.4 is 4.74 Å². The first-order chi connectivity index (χ1) is 9.52. The predicted octanol–water partition coefficient (Wildman–Crippen LogP) is 2.07. The van der Waals surface area contributed by atoms with E-state index >= 15 is 0 Å². The molecule has 1 atom stereocenters.